The Bertz CT molecular complexity index is 173. The minimum atomic E-state index is -0.165. The zero-order valence-corrected chi connectivity index (χ0v) is 10.6. The highest BCUT2D eigenvalue weighted by Crippen LogP contribution is 2.26. The molecular weight excluding hydrogens is 186 g/mol. The maximum absolute atomic E-state index is 10.2. The van der Waals surface area contributed by atoms with Crippen molar-refractivity contribution in [2.24, 2.45) is 0 Å². The molecule has 1 N–H and O–H groups in total. The Labute approximate surface area is 94.7 Å². The van der Waals surface area contributed by atoms with E-state index in [1.807, 2.05) is 0 Å². The third-order valence-electron chi connectivity index (χ3n) is 3.82. The van der Waals surface area contributed by atoms with E-state index in [0.717, 1.165) is 25.9 Å². The second-order valence-corrected chi connectivity index (χ2v) is 5.36. The van der Waals surface area contributed by atoms with E-state index in [1.54, 1.807) is 0 Å². The van der Waals surface area contributed by atoms with Crippen LogP contribution in [0.25, 0.3) is 0 Å². The third-order valence-corrected chi connectivity index (χ3v) is 3.82. The van der Waals surface area contributed by atoms with E-state index in [2.05, 4.69) is 25.7 Å². The van der Waals surface area contributed by atoms with Crippen LogP contribution in [0.2, 0.25) is 0 Å². The highest BCUT2D eigenvalue weighted by atomic mass is 16.3. The molecule has 0 bridgehead atoms. The molecule has 90 valence electrons. The van der Waals surface area contributed by atoms with Crippen LogP contribution in [-0.4, -0.2) is 34.7 Å². The summed E-state index contributed by atoms with van der Waals surface area (Å²) in [5.74, 6) is 0. The minimum Gasteiger partial charge on any atom is -0.391 e. The number of rotatable bonds is 6. The molecule has 1 atom stereocenters. The first-order valence-electron chi connectivity index (χ1n) is 6.52. The molecule has 0 saturated carbocycles. The van der Waals surface area contributed by atoms with Crippen molar-refractivity contribution in [2.75, 3.05) is 13.1 Å². The van der Waals surface area contributed by atoms with Crippen LogP contribution in [0.1, 0.15) is 59.3 Å². The molecule has 1 saturated heterocycles. The molecule has 1 fully saturated rings. The van der Waals surface area contributed by atoms with E-state index in [-0.39, 0.29) is 11.6 Å². The molecule has 1 aliphatic rings. The van der Waals surface area contributed by atoms with Crippen molar-refractivity contribution >= 4 is 0 Å². The van der Waals surface area contributed by atoms with Crippen LogP contribution in [0.4, 0.5) is 0 Å². The summed E-state index contributed by atoms with van der Waals surface area (Å²) in [5.41, 5.74) is -0.0236. The second-order valence-electron chi connectivity index (χ2n) is 5.36. The molecule has 0 aromatic rings. The van der Waals surface area contributed by atoms with Crippen molar-refractivity contribution in [1.29, 1.82) is 0 Å². The topological polar surface area (TPSA) is 23.5 Å². The fourth-order valence-electron chi connectivity index (χ4n) is 2.45. The highest BCUT2D eigenvalue weighted by molar-refractivity contribution is 4.90. The second kappa shape index (κ2) is 5.86. The first kappa shape index (κ1) is 13.0. The monoisotopic (exact) mass is 213 g/mol. The molecule has 1 aliphatic heterocycles. The van der Waals surface area contributed by atoms with E-state index in [0.29, 0.717) is 0 Å². The lowest BCUT2D eigenvalue weighted by Gasteiger charge is -2.39. The predicted molar refractivity (Wildman–Crippen MR) is 65.0 cm³/mol. The van der Waals surface area contributed by atoms with Gasteiger partial charge in [0.15, 0.2) is 0 Å². The summed E-state index contributed by atoms with van der Waals surface area (Å²) in [4.78, 5) is 2.45. The molecule has 2 heteroatoms. The average molecular weight is 213 g/mol. The lowest BCUT2D eigenvalue weighted by molar-refractivity contribution is -0.00316. The summed E-state index contributed by atoms with van der Waals surface area (Å²) >= 11 is 0. The van der Waals surface area contributed by atoms with Gasteiger partial charge in [-0.25, -0.2) is 0 Å². The average Bonchev–Trinajstić information content (AvgIpc) is 2.71. The number of aliphatic hydroxyl groups is 1. The summed E-state index contributed by atoms with van der Waals surface area (Å²) in [6.07, 6.45) is 7.02. The van der Waals surface area contributed by atoms with Crippen LogP contribution in [-0.2, 0) is 0 Å². The van der Waals surface area contributed by atoms with Gasteiger partial charge >= 0.3 is 0 Å². The van der Waals surface area contributed by atoms with Gasteiger partial charge in [0.25, 0.3) is 0 Å². The number of likely N-dealkylation sites (tertiary alicyclic amines) is 1. The number of hydrogen-bond acceptors (Lipinski definition) is 2. The highest BCUT2D eigenvalue weighted by Gasteiger charge is 2.35. The summed E-state index contributed by atoms with van der Waals surface area (Å²) in [6, 6.07) is 0. The zero-order chi connectivity index (χ0) is 11.3. The summed E-state index contributed by atoms with van der Waals surface area (Å²) in [7, 11) is 0. The number of hydrogen-bond donors (Lipinski definition) is 1. The molecule has 0 radical (unpaired) electrons. The van der Waals surface area contributed by atoms with Gasteiger partial charge in [-0.3, -0.25) is 4.90 Å². The first-order valence-corrected chi connectivity index (χ1v) is 6.52. The summed E-state index contributed by atoms with van der Waals surface area (Å²) in [5, 5.41) is 10.2. The van der Waals surface area contributed by atoms with Gasteiger partial charge in [-0.1, -0.05) is 26.2 Å². The molecule has 0 amide bonds. The number of nitrogens with zero attached hydrogens (tertiary/aromatic N) is 1. The molecular formula is C13H27NO. The van der Waals surface area contributed by atoms with Crippen LogP contribution in [0.3, 0.4) is 0 Å². The fourth-order valence-corrected chi connectivity index (χ4v) is 2.45. The molecule has 1 heterocycles. The summed E-state index contributed by atoms with van der Waals surface area (Å²) < 4.78 is 0. The van der Waals surface area contributed by atoms with Gasteiger partial charge in [-0.15, -0.1) is 0 Å². The van der Waals surface area contributed by atoms with Crippen LogP contribution >= 0.6 is 0 Å². The zero-order valence-electron chi connectivity index (χ0n) is 10.6. The van der Waals surface area contributed by atoms with E-state index in [1.165, 1.54) is 25.7 Å². The Kier molecular flexibility index (Phi) is 5.07. The third kappa shape index (κ3) is 3.46. The molecule has 0 aliphatic carbocycles. The molecule has 1 unspecified atom stereocenters. The Balaban J connectivity index is 2.37. The van der Waals surface area contributed by atoms with Crippen molar-refractivity contribution in [3.63, 3.8) is 0 Å². The van der Waals surface area contributed by atoms with Crippen molar-refractivity contribution in [3.05, 3.63) is 0 Å². The van der Waals surface area contributed by atoms with E-state index in [4.69, 9.17) is 0 Å². The molecule has 0 aromatic heterocycles. The maximum Gasteiger partial charge on any atom is 0.0718 e. The van der Waals surface area contributed by atoms with Gasteiger partial charge in [0.1, 0.15) is 0 Å². The lowest BCUT2D eigenvalue weighted by atomic mass is 9.91. The van der Waals surface area contributed by atoms with Crippen LogP contribution in [0, 0.1) is 0 Å². The van der Waals surface area contributed by atoms with Gasteiger partial charge < -0.3 is 5.11 Å². The van der Waals surface area contributed by atoms with Gasteiger partial charge in [0.2, 0.25) is 0 Å². The Morgan fingerprint density at radius 3 is 2.33 bits per heavy atom. The largest absolute Gasteiger partial charge is 0.391 e. The molecule has 0 aromatic carbocycles. The van der Waals surface area contributed by atoms with Crippen LogP contribution in [0.5, 0.6) is 0 Å². The normalized spacial score (nSPS) is 20.8. The Hall–Kier alpha value is -0.0800. The molecule has 2 nitrogen and oxygen atoms in total. The Morgan fingerprint density at radius 1 is 1.20 bits per heavy atom. The number of unbranched alkanes of at least 4 members (excludes halogenated alkanes) is 2. The maximum atomic E-state index is 10.2. The smallest absolute Gasteiger partial charge is 0.0718 e. The van der Waals surface area contributed by atoms with Gasteiger partial charge in [0, 0.05) is 5.54 Å². The van der Waals surface area contributed by atoms with Crippen LogP contribution < -0.4 is 0 Å². The lowest BCUT2D eigenvalue weighted by Crippen LogP contribution is -2.51. The van der Waals surface area contributed by atoms with E-state index < -0.39 is 0 Å². The standard InChI is InChI=1S/C13H27NO/c1-4-5-6-9-12(15)13(2,3)14-10-7-8-11-14/h12,15H,4-11H2,1-3H3. The van der Waals surface area contributed by atoms with E-state index >= 15 is 0 Å². The summed E-state index contributed by atoms with van der Waals surface area (Å²) in [6.45, 7) is 8.91. The Morgan fingerprint density at radius 2 is 1.80 bits per heavy atom. The molecule has 15 heavy (non-hydrogen) atoms. The predicted octanol–water partition coefficient (Wildman–Crippen LogP) is 2.80. The minimum absolute atomic E-state index is 0.0236. The SMILES string of the molecule is CCCCCC(O)C(C)(C)N1CCCC1. The van der Waals surface area contributed by atoms with Gasteiger partial charge in [-0.05, 0) is 46.2 Å². The van der Waals surface area contributed by atoms with E-state index in [9.17, 15) is 5.11 Å². The van der Waals surface area contributed by atoms with Crippen molar-refractivity contribution in [1.82, 2.24) is 4.90 Å². The quantitative estimate of drug-likeness (QED) is 0.686. The number of aliphatic hydroxyl groups excluding tert-OH is 1. The van der Waals surface area contributed by atoms with Crippen molar-refractivity contribution < 1.29 is 5.11 Å². The molecule has 0 spiro atoms. The van der Waals surface area contributed by atoms with Crippen molar-refractivity contribution in [3.8, 4) is 0 Å². The van der Waals surface area contributed by atoms with Crippen molar-refractivity contribution in [2.45, 2.75) is 70.9 Å². The first-order chi connectivity index (χ1) is 7.09. The van der Waals surface area contributed by atoms with Gasteiger partial charge in [-0.2, -0.15) is 0 Å². The van der Waals surface area contributed by atoms with Crippen LogP contribution in [0.15, 0.2) is 0 Å². The van der Waals surface area contributed by atoms with Gasteiger partial charge in [0.05, 0.1) is 6.10 Å². The molecule has 1 rings (SSSR count). The fraction of sp³-hybridized carbons (Fsp3) is 1.00.